The predicted octanol–water partition coefficient (Wildman–Crippen LogP) is 7.53. The maximum absolute atomic E-state index is 2.38. The van der Waals surface area contributed by atoms with Crippen LogP contribution in [0.25, 0.3) is 0 Å². The lowest BCUT2D eigenvalue weighted by atomic mass is 10.0. The van der Waals surface area contributed by atoms with Gasteiger partial charge in [0.2, 0.25) is 0 Å². The van der Waals surface area contributed by atoms with Gasteiger partial charge in [0.1, 0.15) is 12.4 Å². The largest absolute Gasteiger partial charge is 0.256 e. The molecule has 0 bridgehead atoms. The topological polar surface area (TPSA) is 8.81 Å². The van der Waals surface area contributed by atoms with Crippen LogP contribution in [-0.4, -0.2) is 4.57 Å². The van der Waals surface area contributed by atoms with Gasteiger partial charge < -0.3 is 0 Å². The van der Waals surface area contributed by atoms with Crippen LogP contribution in [-0.2, 0) is 20.0 Å². The van der Waals surface area contributed by atoms with Crippen LogP contribution in [0.2, 0.25) is 0 Å². The fourth-order valence-corrected chi connectivity index (χ4v) is 4.17. The fourth-order valence-electron chi connectivity index (χ4n) is 4.17. The second-order valence-corrected chi connectivity index (χ2v) is 8.52. The van der Waals surface area contributed by atoms with E-state index in [0.29, 0.717) is 0 Å². The molecule has 0 atom stereocenters. The summed E-state index contributed by atoms with van der Waals surface area (Å²) in [5, 5.41) is 0. The Morgan fingerprint density at radius 1 is 0.630 bits per heavy atom. The molecule has 0 amide bonds. The molecule has 27 heavy (non-hydrogen) atoms. The molecule has 0 saturated carbocycles. The lowest BCUT2D eigenvalue weighted by molar-refractivity contribution is -0.678. The lowest BCUT2D eigenvalue weighted by Gasteiger charge is -2.04. The standard InChI is InChI=1S/C25H49N2/c1-4-6-7-8-9-10-11-12-13-14-15-16-17-18-19-20-21-22-25-26(3)23-24-27(25)5-2/h23-24H,4-22H2,1-3H3/q+1. The summed E-state index contributed by atoms with van der Waals surface area (Å²) in [4.78, 5) is 0. The number of imidazole rings is 1. The van der Waals surface area contributed by atoms with Crippen molar-refractivity contribution in [3.63, 3.8) is 0 Å². The van der Waals surface area contributed by atoms with Crippen LogP contribution in [0.15, 0.2) is 12.4 Å². The zero-order valence-corrected chi connectivity index (χ0v) is 19.0. The predicted molar refractivity (Wildman–Crippen MR) is 119 cm³/mol. The van der Waals surface area contributed by atoms with E-state index in [9.17, 15) is 0 Å². The maximum Gasteiger partial charge on any atom is 0.256 e. The Morgan fingerprint density at radius 3 is 1.44 bits per heavy atom. The first-order valence-corrected chi connectivity index (χ1v) is 12.3. The van der Waals surface area contributed by atoms with Gasteiger partial charge in [-0.05, 0) is 13.3 Å². The summed E-state index contributed by atoms with van der Waals surface area (Å²) in [5.74, 6) is 1.48. The number of rotatable bonds is 19. The van der Waals surface area contributed by atoms with Gasteiger partial charge in [0.05, 0.1) is 13.6 Å². The Balaban J connectivity index is 1.79. The Morgan fingerprint density at radius 2 is 1.04 bits per heavy atom. The van der Waals surface area contributed by atoms with Crippen molar-refractivity contribution in [2.45, 2.75) is 136 Å². The Bertz CT molecular complexity index is 436. The third-order valence-electron chi connectivity index (χ3n) is 6.05. The Hall–Kier alpha value is -0.790. The highest BCUT2D eigenvalue weighted by molar-refractivity contribution is 4.83. The normalized spacial score (nSPS) is 11.4. The van der Waals surface area contributed by atoms with Crippen LogP contribution in [0.5, 0.6) is 0 Å². The summed E-state index contributed by atoms with van der Waals surface area (Å²) in [6.07, 6.45) is 30.2. The minimum absolute atomic E-state index is 1.09. The van der Waals surface area contributed by atoms with Crippen molar-refractivity contribution >= 4 is 0 Å². The number of unbranched alkanes of at least 4 members (excludes halogenated alkanes) is 16. The molecule has 2 nitrogen and oxygen atoms in total. The third-order valence-corrected chi connectivity index (χ3v) is 6.05. The van der Waals surface area contributed by atoms with Gasteiger partial charge >= 0.3 is 0 Å². The Kier molecular flexibility index (Phi) is 15.6. The van der Waals surface area contributed by atoms with Crippen LogP contribution in [0, 0.1) is 0 Å². The van der Waals surface area contributed by atoms with Crippen LogP contribution in [0.1, 0.15) is 129 Å². The first kappa shape index (κ1) is 24.2. The summed E-state index contributed by atoms with van der Waals surface area (Å²) in [6, 6.07) is 0. The number of aromatic nitrogens is 2. The van der Waals surface area contributed by atoms with E-state index in [1.807, 2.05) is 0 Å². The van der Waals surface area contributed by atoms with Crippen molar-refractivity contribution in [1.29, 1.82) is 0 Å². The lowest BCUT2D eigenvalue weighted by Crippen LogP contribution is -2.32. The Labute approximate surface area is 170 Å². The van der Waals surface area contributed by atoms with Gasteiger partial charge in [-0.25, -0.2) is 9.13 Å². The molecule has 0 saturated heterocycles. The van der Waals surface area contributed by atoms with Gasteiger partial charge in [-0.1, -0.05) is 110 Å². The van der Waals surface area contributed by atoms with Crippen molar-refractivity contribution in [3.05, 3.63) is 18.2 Å². The first-order chi connectivity index (χ1) is 13.3. The maximum atomic E-state index is 2.38. The summed E-state index contributed by atoms with van der Waals surface area (Å²) >= 11 is 0. The average molecular weight is 378 g/mol. The fraction of sp³-hybridized carbons (Fsp3) is 0.880. The molecule has 1 aromatic heterocycles. The molecule has 1 heterocycles. The monoisotopic (exact) mass is 377 g/mol. The van der Waals surface area contributed by atoms with Gasteiger partial charge in [-0.15, -0.1) is 0 Å². The highest BCUT2D eigenvalue weighted by atomic mass is 15.1. The average Bonchev–Trinajstić information content (AvgIpc) is 3.04. The second-order valence-electron chi connectivity index (χ2n) is 8.52. The summed E-state index contributed by atoms with van der Waals surface area (Å²) in [6.45, 7) is 5.63. The molecule has 1 aromatic rings. The van der Waals surface area contributed by atoms with Crippen LogP contribution < -0.4 is 4.57 Å². The van der Waals surface area contributed by atoms with E-state index in [1.165, 1.54) is 121 Å². The number of aryl methyl sites for hydroxylation is 2. The molecule has 0 unspecified atom stereocenters. The molecule has 0 aliphatic rings. The van der Waals surface area contributed by atoms with E-state index in [0.717, 1.165) is 6.54 Å². The van der Waals surface area contributed by atoms with E-state index >= 15 is 0 Å². The molecular formula is C25H49N2+. The number of hydrogen-bond acceptors (Lipinski definition) is 0. The van der Waals surface area contributed by atoms with Crippen molar-refractivity contribution < 1.29 is 4.57 Å². The molecule has 1 rings (SSSR count). The zero-order chi connectivity index (χ0) is 19.6. The molecule has 0 aromatic carbocycles. The summed E-state index contributed by atoms with van der Waals surface area (Å²) in [5.41, 5.74) is 0. The molecule has 0 spiro atoms. The van der Waals surface area contributed by atoms with E-state index in [4.69, 9.17) is 0 Å². The molecule has 0 fully saturated rings. The van der Waals surface area contributed by atoms with E-state index in [-0.39, 0.29) is 0 Å². The highest BCUT2D eigenvalue weighted by Crippen LogP contribution is 2.14. The molecule has 0 radical (unpaired) electrons. The van der Waals surface area contributed by atoms with Crippen molar-refractivity contribution in [2.24, 2.45) is 7.05 Å². The SMILES string of the molecule is CCCCCCCCCCCCCCCCCCCc1n(CC)cc[n+]1C. The van der Waals surface area contributed by atoms with Gasteiger partial charge in [0.25, 0.3) is 5.82 Å². The molecular weight excluding hydrogens is 328 g/mol. The molecule has 0 N–H and O–H groups in total. The van der Waals surface area contributed by atoms with Crippen LogP contribution in [0.4, 0.5) is 0 Å². The molecule has 2 heteroatoms. The van der Waals surface area contributed by atoms with Gasteiger partial charge in [0.15, 0.2) is 0 Å². The quantitative estimate of drug-likeness (QED) is 0.174. The smallest absolute Gasteiger partial charge is 0.237 e. The van der Waals surface area contributed by atoms with Gasteiger partial charge in [-0.3, -0.25) is 0 Å². The van der Waals surface area contributed by atoms with Crippen LogP contribution >= 0.6 is 0 Å². The van der Waals surface area contributed by atoms with Gasteiger partial charge in [0, 0.05) is 6.42 Å². The number of nitrogens with zero attached hydrogens (tertiary/aromatic N) is 2. The minimum atomic E-state index is 1.09. The van der Waals surface area contributed by atoms with E-state index < -0.39 is 0 Å². The van der Waals surface area contributed by atoms with Crippen molar-refractivity contribution in [3.8, 4) is 0 Å². The van der Waals surface area contributed by atoms with Crippen molar-refractivity contribution in [2.75, 3.05) is 0 Å². The van der Waals surface area contributed by atoms with Crippen molar-refractivity contribution in [1.82, 2.24) is 4.57 Å². The van der Waals surface area contributed by atoms with Crippen LogP contribution in [0.3, 0.4) is 0 Å². The molecule has 0 aliphatic carbocycles. The zero-order valence-electron chi connectivity index (χ0n) is 19.0. The molecule has 158 valence electrons. The minimum Gasteiger partial charge on any atom is -0.237 e. The third kappa shape index (κ3) is 12.3. The van der Waals surface area contributed by atoms with E-state index in [1.54, 1.807) is 0 Å². The second kappa shape index (κ2) is 17.3. The van der Waals surface area contributed by atoms with E-state index in [2.05, 4.69) is 42.4 Å². The molecule has 0 aliphatic heterocycles. The summed E-state index contributed by atoms with van der Waals surface area (Å²) in [7, 11) is 2.18. The van der Waals surface area contributed by atoms with Gasteiger partial charge in [-0.2, -0.15) is 0 Å². The summed E-state index contributed by atoms with van der Waals surface area (Å²) < 4.78 is 4.67. The number of hydrogen-bond donors (Lipinski definition) is 0. The first-order valence-electron chi connectivity index (χ1n) is 12.3. The highest BCUT2D eigenvalue weighted by Gasteiger charge is 2.11.